The van der Waals surface area contributed by atoms with E-state index in [-0.39, 0.29) is 41.9 Å². The van der Waals surface area contributed by atoms with Crippen LogP contribution >= 0.6 is 24.0 Å². The first-order valence-electron chi connectivity index (χ1n) is 11.4. The largest absolute Gasteiger partial charge is 0.379 e. The van der Waals surface area contributed by atoms with Gasteiger partial charge in [-0.1, -0.05) is 25.0 Å². The molecule has 0 radical (unpaired) electrons. The monoisotopic (exact) mass is 544 g/mol. The maximum atomic E-state index is 12.4. The van der Waals surface area contributed by atoms with E-state index in [2.05, 4.69) is 27.9 Å². The molecule has 1 amide bonds. The van der Waals surface area contributed by atoms with Crippen LogP contribution in [0.1, 0.15) is 51.0 Å². The number of nitrogens with one attached hydrogen (secondary N) is 3. The molecule has 7 nitrogen and oxygen atoms in total. The number of hydrogen-bond acceptors (Lipinski definition) is 4. The van der Waals surface area contributed by atoms with Crippen molar-refractivity contribution in [3.63, 3.8) is 0 Å². The van der Waals surface area contributed by atoms with Crippen LogP contribution in [0.5, 0.6) is 0 Å². The fourth-order valence-corrected chi connectivity index (χ4v) is 3.87. The van der Waals surface area contributed by atoms with Crippen molar-refractivity contribution >= 4 is 41.5 Å². The van der Waals surface area contributed by atoms with Crippen molar-refractivity contribution in [2.24, 2.45) is 10.9 Å². The Morgan fingerprint density at radius 3 is 2.81 bits per heavy atom. The average Bonchev–Trinajstić information content (AvgIpc) is 3.46. The zero-order chi connectivity index (χ0) is 21.0. The molecule has 174 valence electrons. The first-order chi connectivity index (χ1) is 14.7. The van der Waals surface area contributed by atoms with Crippen molar-refractivity contribution in [2.75, 3.05) is 38.2 Å². The van der Waals surface area contributed by atoms with Gasteiger partial charge in [0.05, 0.1) is 19.3 Å². The number of hydrogen-bond donors (Lipinski definition) is 3. The highest BCUT2D eigenvalue weighted by Gasteiger charge is 2.22. The smallest absolute Gasteiger partial charge is 0.227 e. The predicted molar refractivity (Wildman–Crippen MR) is 135 cm³/mol. The number of ether oxygens (including phenoxy) is 2. The molecule has 1 saturated heterocycles. The van der Waals surface area contributed by atoms with Crippen molar-refractivity contribution in [3.05, 3.63) is 29.8 Å². The van der Waals surface area contributed by atoms with Gasteiger partial charge in [0.1, 0.15) is 0 Å². The molecule has 0 bridgehead atoms. The summed E-state index contributed by atoms with van der Waals surface area (Å²) >= 11 is 0. The van der Waals surface area contributed by atoms with E-state index in [4.69, 9.17) is 9.47 Å². The molecule has 3 rings (SSSR count). The highest BCUT2D eigenvalue weighted by atomic mass is 127. The van der Waals surface area contributed by atoms with Crippen LogP contribution in [-0.4, -0.2) is 50.9 Å². The van der Waals surface area contributed by atoms with Gasteiger partial charge in [-0.25, -0.2) is 4.99 Å². The lowest BCUT2D eigenvalue weighted by molar-refractivity contribution is -0.119. The Balaban J connectivity index is 0.00000341. The van der Waals surface area contributed by atoms with E-state index in [9.17, 15) is 4.79 Å². The lowest BCUT2D eigenvalue weighted by Crippen LogP contribution is -2.38. The molecule has 1 aromatic rings. The van der Waals surface area contributed by atoms with Crippen LogP contribution < -0.4 is 16.0 Å². The Hall–Kier alpha value is -1.39. The van der Waals surface area contributed by atoms with Crippen LogP contribution in [0.15, 0.2) is 29.3 Å². The van der Waals surface area contributed by atoms with Gasteiger partial charge in [-0.15, -0.1) is 24.0 Å². The van der Waals surface area contributed by atoms with Crippen LogP contribution in [0.2, 0.25) is 0 Å². The quantitative estimate of drug-likeness (QED) is 0.181. The molecule has 1 aliphatic heterocycles. The number of guanidine groups is 1. The van der Waals surface area contributed by atoms with E-state index >= 15 is 0 Å². The second-order valence-electron chi connectivity index (χ2n) is 8.00. The Morgan fingerprint density at radius 1 is 1.23 bits per heavy atom. The third-order valence-corrected chi connectivity index (χ3v) is 5.54. The van der Waals surface area contributed by atoms with Crippen LogP contribution in [0, 0.1) is 5.92 Å². The molecule has 0 aromatic heterocycles. The van der Waals surface area contributed by atoms with Crippen molar-refractivity contribution in [1.29, 1.82) is 0 Å². The third-order valence-electron chi connectivity index (χ3n) is 5.54. The number of aliphatic imine (C=N–C) groups is 1. The maximum absolute atomic E-state index is 12.4. The molecular weight excluding hydrogens is 507 g/mol. The third kappa shape index (κ3) is 9.33. The lowest BCUT2D eigenvalue weighted by atomic mass is 10.1. The van der Waals surface area contributed by atoms with Crippen LogP contribution in [0.4, 0.5) is 5.69 Å². The molecule has 2 fully saturated rings. The minimum absolute atomic E-state index is 0. The molecule has 1 atom stereocenters. The lowest BCUT2D eigenvalue weighted by Gasteiger charge is -2.13. The predicted octanol–water partition coefficient (Wildman–Crippen LogP) is 3.68. The molecule has 1 aromatic carbocycles. The summed E-state index contributed by atoms with van der Waals surface area (Å²) < 4.78 is 11.1. The number of carbonyl (C=O) groups excluding carboxylic acids is 1. The fourth-order valence-electron chi connectivity index (χ4n) is 3.87. The molecular formula is C23H37IN4O3. The number of nitrogens with zero attached hydrogens (tertiary/aromatic N) is 1. The summed E-state index contributed by atoms with van der Waals surface area (Å²) in [7, 11) is 0. The molecule has 2 aliphatic rings. The van der Waals surface area contributed by atoms with Gasteiger partial charge in [0.15, 0.2) is 5.96 Å². The number of anilines is 1. The van der Waals surface area contributed by atoms with Gasteiger partial charge >= 0.3 is 0 Å². The van der Waals surface area contributed by atoms with Gasteiger partial charge in [0, 0.05) is 37.9 Å². The van der Waals surface area contributed by atoms with Crippen molar-refractivity contribution in [2.45, 2.75) is 58.1 Å². The van der Waals surface area contributed by atoms with Gasteiger partial charge in [-0.3, -0.25) is 4.79 Å². The minimum Gasteiger partial charge on any atom is -0.379 e. The molecule has 31 heavy (non-hydrogen) atoms. The topological polar surface area (TPSA) is 84.0 Å². The Labute approximate surface area is 203 Å². The number of amides is 1. The first-order valence-corrected chi connectivity index (χ1v) is 11.4. The molecule has 1 unspecified atom stereocenters. The summed E-state index contributed by atoms with van der Waals surface area (Å²) in [5.41, 5.74) is 1.92. The zero-order valence-corrected chi connectivity index (χ0v) is 20.9. The second kappa shape index (κ2) is 14.6. The summed E-state index contributed by atoms with van der Waals surface area (Å²) in [5, 5.41) is 9.70. The van der Waals surface area contributed by atoms with Gasteiger partial charge in [0.2, 0.25) is 5.91 Å². The standard InChI is InChI=1S/C23H36N4O3.HI/c1-2-24-23(25-12-6-13-30-21-11-14-29-17-21)26-16-18-7-5-10-20(15-18)27-22(28)19-8-3-4-9-19;/h5,7,10,15,19,21H,2-4,6,8-9,11-14,16-17H2,1H3,(H,27,28)(H2,24,25,26);1H. The van der Waals surface area contributed by atoms with Crippen LogP contribution in [0.3, 0.4) is 0 Å². The van der Waals surface area contributed by atoms with Crippen LogP contribution in [0.25, 0.3) is 0 Å². The number of carbonyl (C=O) groups is 1. The number of rotatable bonds is 10. The summed E-state index contributed by atoms with van der Waals surface area (Å²) in [6.07, 6.45) is 6.51. The summed E-state index contributed by atoms with van der Waals surface area (Å²) in [6, 6.07) is 7.96. The summed E-state index contributed by atoms with van der Waals surface area (Å²) in [4.78, 5) is 17.0. The molecule has 0 spiro atoms. The highest BCUT2D eigenvalue weighted by molar-refractivity contribution is 14.0. The van der Waals surface area contributed by atoms with Gasteiger partial charge in [0.25, 0.3) is 0 Å². The SMILES string of the molecule is CCNC(=NCc1cccc(NC(=O)C2CCCC2)c1)NCCCOC1CCOC1.I. The fraction of sp³-hybridized carbons (Fsp3) is 0.652. The zero-order valence-electron chi connectivity index (χ0n) is 18.5. The Kier molecular flexibility index (Phi) is 12.2. The van der Waals surface area contributed by atoms with E-state index in [1.54, 1.807) is 0 Å². The Morgan fingerprint density at radius 2 is 2.06 bits per heavy atom. The van der Waals surface area contributed by atoms with E-state index in [0.717, 1.165) is 88.6 Å². The average molecular weight is 544 g/mol. The van der Waals surface area contributed by atoms with Crippen molar-refractivity contribution in [1.82, 2.24) is 10.6 Å². The highest BCUT2D eigenvalue weighted by Crippen LogP contribution is 2.26. The summed E-state index contributed by atoms with van der Waals surface area (Å²) in [5.74, 6) is 1.11. The molecule has 8 heteroatoms. The molecule has 3 N–H and O–H groups in total. The maximum Gasteiger partial charge on any atom is 0.227 e. The molecule has 1 aliphatic carbocycles. The van der Waals surface area contributed by atoms with Crippen LogP contribution in [-0.2, 0) is 20.8 Å². The number of benzene rings is 1. The van der Waals surface area contributed by atoms with Crippen molar-refractivity contribution in [3.8, 4) is 0 Å². The van der Waals surface area contributed by atoms with Crippen molar-refractivity contribution < 1.29 is 14.3 Å². The van der Waals surface area contributed by atoms with E-state index in [1.807, 2.05) is 24.3 Å². The normalized spacial score (nSPS) is 19.1. The molecule has 1 heterocycles. The second-order valence-corrected chi connectivity index (χ2v) is 8.00. The first kappa shape index (κ1) is 25.9. The van der Waals surface area contributed by atoms with E-state index in [0.29, 0.717) is 6.54 Å². The van der Waals surface area contributed by atoms with Gasteiger partial charge < -0.3 is 25.4 Å². The van der Waals surface area contributed by atoms with E-state index in [1.165, 1.54) is 0 Å². The van der Waals surface area contributed by atoms with Gasteiger partial charge in [-0.05, 0) is 50.3 Å². The van der Waals surface area contributed by atoms with Gasteiger partial charge in [-0.2, -0.15) is 0 Å². The Bertz CT molecular complexity index is 689. The van der Waals surface area contributed by atoms with E-state index < -0.39 is 0 Å². The summed E-state index contributed by atoms with van der Waals surface area (Å²) in [6.45, 7) is 6.47. The minimum atomic E-state index is 0. The number of halogens is 1. The molecule has 1 saturated carbocycles.